The second kappa shape index (κ2) is 4.57. The van der Waals surface area contributed by atoms with Crippen LogP contribution in [0.15, 0.2) is 12.5 Å². The van der Waals surface area contributed by atoms with Crippen molar-refractivity contribution < 1.29 is 0 Å². The van der Waals surface area contributed by atoms with Crippen LogP contribution in [0.5, 0.6) is 0 Å². The maximum absolute atomic E-state index is 4.48. The third-order valence-electron chi connectivity index (χ3n) is 3.64. The minimum absolute atomic E-state index is 0.186. The number of aryl methyl sites for hydroxylation is 1. The summed E-state index contributed by atoms with van der Waals surface area (Å²) in [5.74, 6) is 0. The number of nitrogens with zero attached hydrogens (tertiary/aromatic N) is 3. The summed E-state index contributed by atoms with van der Waals surface area (Å²) in [4.78, 5) is 7.69. The van der Waals surface area contributed by atoms with Crippen molar-refractivity contribution >= 4 is 0 Å². The number of aromatic amines is 1. The van der Waals surface area contributed by atoms with E-state index in [4.69, 9.17) is 0 Å². The molecule has 5 heteroatoms. The van der Waals surface area contributed by atoms with Crippen LogP contribution in [0.2, 0.25) is 0 Å². The molecule has 3 heterocycles. The molecule has 5 nitrogen and oxygen atoms in total. The lowest BCUT2D eigenvalue weighted by atomic mass is 9.99. The molecule has 18 heavy (non-hydrogen) atoms. The molecule has 2 aromatic rings. The molecule has 2 aromatic heterocycles. The van der Waals surface area contributed by atoms with Gasteiger partial charge < -0.3 is 10.3 Å². The molecule has 0 spiro atoms. The minimum Gasteiger partial charge on any atom is -0.348 e. The smallest absolute Gasteiger partial charge is 0.0926 e. The highest BCUT2D eigenvalue weighted by Gasteiger charge is 2.26. The summed E-state index contributed by atoms with van der Waals surface area (Å²) < 4.78 is 2.08. The van der Waals surface area contributed by atoms with Gasteiger partial charge in [-0.3, -0.25) is 4.68 Å². The summed E-state index contributed by atoms with van der Waals surface area (Å²) in [7, 11) is 0. The molecule has 0 bridgehead atoms. The number of nitrogens with one attached hydrogen (secondary N) is 2. The molecular weight excluding hydrogens is 226 g/mol. The molecule has 2 N–H and O–H groups in total. The lowest BCUT2D eigenvalue weighted by molar-refractivity contribution is 0.545. The lowest BCUT2D eigenvalue weighted by Gasteiger charge is -2.22. The molecular formula is C13H19N5. The van der Waals surface area contributed by atoms with Crippen molar-refractivity contribution in [2.45, 2.75) is 39.3 Å². The normalized spacial score (nSPS) is 18.9. The van der Waals surface area contributed by atoms with E-state index >= 15 is 0 Å². The molecule has 0 aromatic carbocycles. The summed E-state index contributed by atoms with van der Waals surface area (Å²) >= 11 is 0. The van der Waals surface area contributed by atoms with E-state index in [9.17, 15) is 0 Å². The highest BCUT2D eigenvalue weighted by atomic mass is 15.3. The first-order chi connectivity index (χ1) is 8.81. The van der Waals surface area contributed by atoms with Crippen molar-refractivity contribution in [3.05, 3.63) is 35.2 Å². The van der Waals surface area contributed by atoms with Gasteiger partial charge in [0.2, 0.25) is 0 Å². The predicted octanol–water partition coefficient (Wildman–Crippen LogP) is 1.56. The van der Waals surface area contributed by atoms with E-state index in [1.807, 2.05) is 6.20 Å². The Morgan fingerprint density at radius 1 is 1.50 bits per heavy atom. The van der Waals surface area contributed by atoms with Crippen LogP contribution in [0, 0.1) is 6.92 Å². The zero-order chi connectivity index (χ0) is 12.5. The van der Waals surface area contributed by atoms with Gasteiger partial charge in [-0.1, -0.05) is 6.92 Å². The van der Waals surface area contributed by atoms with E-state index in [0.29, 0.717) is 0 Å². The van der Waals surface area contributed by atoms with E-state index in [1.54, 1.807) is 6.33 Å². The van der Waals surface area contributed by atoms with Gasteiger partial charge in [-0.2, -0.15) is 5.10 Å². The van der Waals surface area contributed by atoms with Crippen molar-refractivity contribution in [1.29, 1.82) is 0 Å². The van der Waals surface area contributed by atoms with E-state index in [0.717, 1.165) is 31.6 Å². The van der Waals surface area contributed by atoms with Crippen LogP contribution in [0.3, 0.4) is 0 Å². The predicted molar refractivity (Wildman–Crippen MR) is 69.4 cm³/mol. The molecule has 1 aliphatic heterocycles. The molecule has 0 radical (unpaired) electrons. The second-order valence-corrected chi connectivity index (χ2v) is 4.81. The fourth-order valence-corrected chi connectivity index (χ4v) is 2.66. The minimum atomic E-state index is 0.186. The van der Waals surface area contributed by atoms with E-state index in [2.05, 4.69) is 38.9 Å². The van der Waals surface area contributed by atoms with Crippen LogP contribution < -0.4 is 5.32 Å². The van der Waals surface area contributed by atoms with Crippen molar-refractivity contribution in [1.82, 2.24) is 25.1 Å². The molecule has 0 unspecified atom stereocenters. The summed E-state index contributed by atoms with van der Waals surface area (Å²) in [6.45, 7) is 6.27. The Morgan fingerprint density at radius 2 is 2.39 bits per heavy atom. The quantitative estimate of drug-likeness (QED) is 0.862. The van der Waals surface area contributed by atoms with Crippen LogP contribution in [0.4, 0.5) is 0 Å². The largest absolute Gasteiger partial charge is 0.348 e. The van der Waals surface area contributed by atoms with Crippen molar-refractivity contribution in [3.8, 4) is 0 Å². The molecule has 0 saturated heterocycles. The zero-order valence-electron chi connectivity index (χ0n) is 10.9. The standard InChI is InChI=1S/C13H19N5/c1-3-6-18-9(2)10(7-17-18)12-13-11(4-5-14-12)15-8-16-13/h7-8,12,14H,3-6H2,1-2H3,(H,15,16)/t12-/m0/s1. The number of aromatic nitrogens is 4. The molecule has 0 aliphatic carbocycles. The summed E-state index contributed by atoms with van der Waals surface area (Å²) in [5.41, 5.74) is 4.86. The Morgan fingerprint density at radius 3 is 3.22 bits per heavy atom. The van der Waals surface area contributed by atoms with Gasteiger partial charge in [0, 0.05) is 36.5 Å². The fraction of sp³-hybridized carbons (Fsp3) is 0.538. The summed E-state index contributed by atoms with van der Waals surface area (Å²) in [5, 5.41) is 8.01. The van der Waals surface area contributed by atoms with E-state index in [1.165, 1.54) is 17.0 Å². The van der Waals surface area contributed by atoms with E-state index in [-0.39, 0.29) is 6.04 Å². The van der Waals surface area contributed by atoms with Crippen LogP contribution in [0.25, 0.3) is 0 Å². The molecule has 1 aliphatic rings. The average molecular weight is 245 g/mol. The highest BCUT2D eigenvalue weighted by Crippen LogP contribution is 2.28. The first-order valence-corrected chi connectivity index (χ1v) is 6.59. The molecule has 96 valence electrons. The van der Waals surface area contributed by atoms with Crippen LogP contribution in [0.1, 0.15) is 42.0 Å². The maximum atomic E-state index is 4.48. The first-order valence-electron chi connectivity index (χ1n) is 6.59. The monoisotopic (exact) mass is 245 g/mol. The highest BCUT2D eigenvalue weighted by molar-refractivity contribution is 5.33. The Balaban J connectivity index is 1.97. The van der Waals surface area contributed by atoms with Gasteiger partial charge in [0.25, 0.3) is 0 Å². The van der Waals surface area contributed by atoms with Gasteiger partial charge >= 0.3 is 0 Å². The van der Waals surface area contributed by atoms with Crippen molar-refractivity contribution in [2.75, 3.05) is 6.54 Å². The maximum Gasteiger partial charge on any atom is 0.0926 e. The number of hydrogen-bond acceptors (Lipinski definition) is 3. The zero-order valence-corrected chi connectivity index (χ0v) is 10.9. The molecule has 0 amide bonds. The SMILES string of the molecule is CCCn1ncc([C@@H]2NCCc3[nH]cnc32)c1C. The van der Waals surface area contributed by atoms with E-state index < -0.39 is 0 Å². The number of H-pyrrole nitrogens is 1. The van der Waals surface area contributed by atoms with Crippen LogP contribution in [-0.2, 0) is 13.0 Å². The molecule has 3 rings (SSSR count). The van der Waals surface area contributed by atoms with Crippen LogP contribution in [-0.4, -0.2) is 26.3 Å². The molecule has 1 atom stereocenters. The van der Waals surface area contributed by atoms with Gasteiger partial charge in [-0.25, -0.2) is 4.98 Å². The van der Waals surface area contributed by atoms with Gasteiger partial charge in [-0.05, 0) is 13.3 Å². The van der Waals surface area contributed by atoms with Crippen LogP contribution >= 0.6 is 0 Å². The van der Waals surface area contributed by atoms with Gasteiger partial charge in [0.15, 0.2) is 0 Å². The third kappa shape index (κ3) is 1.75. The van der Waals surface area contributed by atoms with Gasteiger partial charge in [0.05, 0.1) is 24.3 Å². The number of rotatable bonds is 3. The Hall–Kier alpha value is -1.62. The fourth-order valence-electron chi connectivity index (χ4n) is 2.66. The molecule has 0 saturated carbocycles. The number of fused-ring (bicyclic) bond motifs is 1. The van der Waals surface area contributed by atoms with Gasteiger partial charge in [0.1, 0.15) is 0 Å². The Labute approximate surface area is 107 Å². The topological polar surface area (TPSA) is 58.5 Å². The molecule has 0 fully saturated rings. The van der Waals surface area contributed by atoms with Crippen molar-refractivity contribution in [3.63, 3.8) is 0 Å². The lowest BCUT2D eigenvalue weighted by Crippen LogP contribution is -2.31. The van der Waals surface area contributed by atoms with Gasteiger partial charge in [-0.15, -0.1) is 0 Å². The number of imidazole rings is 1. The Kier molecular flexibility index (Phi) is 2.91. The summed E-state index contributed by atoms with van der Waals surface area (Å²) in [6, 6.07) is 0.186. The average Bonchev–Trinajstić information content (AvgIpc) is 2.98. The second-order valence-electron chi connectivity index (χ2n) is 4.81. The summed E-state index contributed by atoms with van der Waals surface area (Å²) in [6.07, 6.45) is 5.89. The first kappa shape index (κ1) is 11.5. The number of hydrogen-bond donors (Lipinski definition) is 2. The Bertz CT molecular complexity index is 539. The third-order valence-corrected chi connectivity index (χ3v) is 3.64. The van der Waals surface area contributed by atoms with Crippen molar-refractivity contribution in [2.24, 2.45) is 0 Å².